The molecule has 0 radical (unpaired) electrons. The summed E-state index contributed by atoms with van der Waals surface area (Å²) in [5.74, 6) is -1.88. The summed E-state index contributed by atoms with van der Waals surface area (Å²) in [5.41, 5.74) is -0.158. The highest BCUT2D eigenvalue weighted by Crippen LogP contribution is 2.37. The first-order valence-electron chi connectivity index (χ1n) is 7.88. The molecule has 7 nitrogen and oxygen atoms in total. The van der Waals surface area contributed by atoms with E-state index in [-0.39, 0.29) is 34.8 Å². The van der Waals surface area contributed by atoms with Crippen molar-refractivity contribution in [3.8, 4) is 28.6 Å². The van der Waals surface area contributed by atoms with E-state index in [1.165, 1.54) is 12.1 Å². The summed E-state index contributed by atoms with van der Waals surface area (Å²) >= 11 is 0. The third-order valence-electron chi connectivity index (χ3n) is 3.64. The average molecular weight is 356 g/mol. The molecule has 0 bridgehead atoms. The van der Waals surface area contributed by atoms with Crippen molar-refractivity contribution in [3.63, 3.8) is 0 Å². The van der Waals surface area contributed by atoms with Crippen molar-refractivity contribution in [2.24, 2.45) is 0 Å². The van der Waals surface area contributed by atoms with E-state index in [0.717, 1.165) is 0 Å². The van der Waals surface area contributed by atoms with Gasteiger partial charge in [0.15, 0.2) is 23.9 Å². The maximum atomic E-state index is 12.6. The molecule has 2 aromatic carbocycles. The summed E-state index contributed by atoms with van der Waals surface area (Å²) in [6, 6.07) is 11.3. The molecular formula is C19H16O7. The summed E-state index contributed by atoms with van der Waals surface area (Å²) in [6.07, 6.45) is 0. The Balaban J connectivity index is 2.13. The molecule has 0 aliphatic rings. The van der Waals surface area contributed by atoms with E-state index in [4.69, 9.17) is 13.9 Å². The van der Waals surface area contributed by atoms with E-state index < -0.39 is 23.8 Å². The number of fused-ring (bicyclic) bond motifs is 1. The number of aromatic hydroxyl groups is 2. The second-order valence-electron chi connectivity index (χ2n) is 5.36. The molecule has 0 saturated heterocycles. The Morgan fingerprint density at radius 2 is 1.85 bits per heavy atom. The van der Waals surface area contributed by atoms with Crippen LogP contribution in [0.4, 0.5) is 0 Å². The number of esters is 1. The Hall–Kier alpha value is -3.48. The lowest BCUT2D eigenvalue weighted by atomic mass is 10.1. The van der Waals surface area contributed by atoms with Gasteiger partial charge in [0.25, 0.3) is 0 Å². The fourth-order valence-corrected chi connectivity index (χ4v) is 2.50. The van der Waals surface area contributed by atoms with Gasteiger partial charge in [-0.15, -0.1) is 0 Å². The second-order valence-corrected chi connectivity index (χ2v) is 5.36. The van der Waals surface area contributed by atoms with Gasteiger partial charge in [0.1, 0.15) is 11.0 Å². The maximum Gasteiger partial charge on any atom is 0.344 e. The fraction of sp³-hybridized carbons (Fsp3) is 0.158. The van der Waals surface area contributed by atoms with Crippen LogP contribution in [0.3, 0.4) is 0 Å². The number of phenolic OH excluding ortho intramolecular Hbond substituents is 1. The molecule has 0 amide bonds. The maximum absolute atomic E-state index is 12.6. The Morgan fingerprint density at radius 3 is 2.54 bits per heavy atom. The Morgan fingerprint density at radius 1 is 1.12 bits per heavy atom. The molecule has 0 aliphatic heterocycles. The minimum absolute atomic E-state index is 0.00475. The lowest BCUT2D eigenvalue weighted by molar-refractivity contribution is -0.145. The zero-order valence-corrected chi connectivity index (χ0v) is 13.9. The minimum atomic E-state index is -0.778. The third-order valence-corrected chi connectivity index (χ3v) is 3.64. The molecule has 0 unspecified atom stereocenters. The number of hydrogen-bond acceptors (Lipinski definition) is 7. The van der Waals surface area contributed by atoms with E-state index in [2.05, 4.69) is 0 Å². The Labute approximate surface area is 148 Å². The Bertz CT molecular complexity index is 1010. The zero-order valence-electron chi connectivity index (χ0n) is 13.9. The molecule has 1 aromatic heterocycles. The number of phenols is 1. The topological polar surface area (TPSA) is 106 Å². The van der Waals surface area contributed by atoms with Gasteiger partial charge in [0, 0.05) is 5.56 Å². The quantitative estimate of drug-likeness (QED) is 0.677. The molecule has 0 atom stereocenters. The predicted molar refractivity (Wildman–Crippen MR) is 93.4 cm³/mol. The fourth-order valence-electron chi connectivity index (χ4n) is 2.50. The first-order chi connectivity index (χ1) is 12.5. The average Bonchev–Trinajstić information content (AvgIpc) is 2.65. The van der Waals surface area contributed by atoms with Gasteiger partial charge in [-0.3, -0.25) is 4.79 Å². The second kappa shape index (κ2) is 7.18. The highest BCUT2D eigenvalue weighted by Gasteiger charge is 2.21. The van der Waals surface area contributed by atoms with E-state index in [0.29, 0.717) is 5.56 Å². The van der Waals surface area contributed by atoms with Gasteiger partial charge in [-0.05, 0) is 19.1 Å². The van der Waals surface area contributed by atoms with Gasteiger partial charge in [0.05, 0.1) is 6.61 Å². The molecule has 26 heavy (non-hydrogen) atoms. The number of benzene rings is 2. The van der Waals surface area contributed by atoms with Crippen LogP contribution in [0.1, 0.15) is 6.92 Å². The normalized spacial score (nSPS) is 10.7. The van der Waals surface area contributed by atoms with Crippen LogP contribution in [-0.4, -0.2) is 29.4 Å². The van der Waals surface area contributed by atoms with Crippen molar-refractivity contribution in [2.75, 3.05) is 13.2 Å². The number of carbonyl (C=O) groups is 1. The van der Waals surface area contributed by atoms with Crippen LogP contribution < -0.4 is 10.2 Å². The first-order valence-corrected chi connectivity index (χ1v) is 7.88. The van der Waals surface area contributed by atoms with E-state index in [1.807, 2.05) is 0 Å². The number of ether oxygens (including phenoxy) is 2. The van der Waals surface area contributed by atoms with Gasteiger partial charge in [-0.25, -0.2) is 4.79 Å². The molecule has 7 heteroatoms. The number of rotatable bonds is 5. The molecule has 0 spiro atoms. The standard InChI is InChI=1S/C19H16O7/c1-2-24-14(21)10-25-19-12(20)8-9-13-15(19)16(22)17(23)18(26-13)11-6-4-3-5-7-11/h3-9,20,23H,2,10H2,1H3. The molecule has 0 saturated carbocycles. The summed E-state index contributed by atoms with van der Waals surface area (Å²) in [7, 11) is 0. The SMILES string of the molecule is CCOC(=O)COc1c(O)ccc2oc(-c3ccccc3)c(O)c(=O)c12. The van der Waals surface area contributed by atoms with Gasteiger partial charge < -0.3 is 24.1 Å². The lowest BCUT2D eigenvalue weighted by Crippen LogP contribution is -2.15. The summed E-state index contributed by atoms with van der Waals surface area (Å²) < 4.78 is 15.7. The minimum Gasteiger partial charge on any atom is -0.504 e. The van der Waals surface area contributed by atoms with Crippen LogP contribution in [0.15, 0.2) is 51.7 Å². The zero-order chi connectivity index (χ0) is 18.7. The Kier molecular flexibility index (Phi) is 4.79. The molecular weight excluding hydrogens is 340 g/mol. The molecule has 3 aromatic rings. The highest BCUT2D eigenvalue weighted by molar-refractivity contribution is 5.89. The van der Waals surface area contributed by atoms with Crippen molar-refractivity contribution in [3.05, 3.63) is 52.7 Å². The van der Waals surface area contributed by atoms with Gasteiger partial charge in [0.2, 0.25) is 11.2 Å². The van der Waals surface area contributed by atoms with Crippen LogP contribution in [0.2, 0.25) is 0 Å². The molecule has 2 N–H and O–H groups in total. The predicted octanol–water partition coefficient (Wildman–Crippen LogP) is 2.81. The van der Waals surface area contributed by atoms with Gasteiger partial charge in [-0.2, -0.15) is 0 Å². The first kappa shape index (κ1) is 17.3. The number of carbonyl (C=O) groups excluding carboxylic acids is 1. The van der Waals surface area contributed by atoms with Crippen LogP contribution in [0.5, 0.6) is 17.2 Å². The summed E-state index contributed by atoms with van der Waals surface area (Å²) in [4.78, 5) is 24.1. The van der Waals surface area contributed by atoms with E-state index >= 15 is 0 Å². The molecule has 1 heterocycles. The van der Waals surface area contributed by atoms with Crippen LogP contribution in [0, 0.1) is 0 Å². The largest absolute Gasteiger partial charge is 0.504 e. The molecule has 0 aliphatic carbocycles. The van der Waals surface area contributed by atoms with Crippen molar-refractivity contribution < 1.29 is 28.9 Å². The molecule has 134 valence electrons. The van der Waals surface area contributed by atoms with Crippen molar-refractivity contribution in [2.45, 2.75) is 6.92 Å². The van der Waals surface area contributed by atoms with Crippen molar-refractivity contribution >= 4 is 16.9 Å². The van der Waals surface area contributed by atoms with Crippen LogP contribution >= 0.6 is 0 Å². The van der Waals surface area contributed by atoms with Gasteiger partial charge >= 0.3 is 5.97 Å². The third kappa shape index (κ3) is 3.19. The van der Waals surface area contributed by atoms with Crippen LogP contribution in [0.25, 0.3) is 22.3 Å². The molecule has 3 rings (SSSR count). The number of hydrogen-bond donors (Lipinski definition) is 2. The summed E-state index contributed by atoms with van der Waals surface area (Å²) in [5, 5.41) is 20.1. The highest BCUT2D eigenvalue weighted by atomic mass is 16.6. The van der Waals surface area contributed by atoms with Gasteiger partial charge in [-0.1, -0.05) is 30.3 Å². The monoisotopic (exact) mass is 356 g/mol. The van der Waals surface area contributed by atoms with Crippen molar-refractivity contribution in [1.29, 1.82) is 0 Å². The summed E-state index contributed by atoms with van der Waals surface area (Å²) in [6.45, 7) is 1.32. The van der Waals surface area contributed by atoms with Crippen molar-refractivity contribution in [1.82, 2.24) is 0 Å². The van der Waals surface area contributed by atoms with Crippen LogP contribution in [-0.2, 0) is 9.53 Å². The molecule has 0 fully saturated rings. The smallest absolute Gasteiger partial charge is 0.344 e. The lowest BCUT2D eigenvalue weighted by Gasteiger charge is -2.11. The van der Waals surface area contributed by atoms with E-state index in [1.54, 1.807) is 37.3 Å². The van der Waals surface area contributed by atoms with E-state index in [9.17, 15) is 19.8 Å².